The highest BCUT2D eigenvalue weighted by atomic mass is 35.5. The maximum Gasteiger partial charge on any atom is 0.178 e. The minimum atomic E-state index is 0.326. The highest BCUT2D eigenvalue weighted by molar-refractivity contribution is 8.00. The Bertz CT molecular complexity index is 653. The molecular formula is C14H17ClN2S2. The Balaban J connectivity index is 2.10. The predicted octanol–water partition coefficient (Wildman–Crippen LogP) is 5.03. The highest BCUT2D eigenvalue weighted by Gasteiger charge is 2.34. The number of imidazole rings is 1. The number of benzene rings is 1. The first-order valence-corrected chi connectivity index (χ1v) is 8.58. The van der Waals surface area contributed by atoms with E-state index in [1.807, 2.05) is 30.0 Å². The van der Waals surface area contributed by atoms with Crippen LogP contribution in [0.5, 0.6) is 0 Å². The molecule has 0 saturated heterocycles. The topological polar surface area (TPSA) is 20.7 Å². The van der Waals surface area contributed by atoms with Crippen LogP contribution in [0.1, 0.15) is 25.7 Å². The molecule has 1 saturated carbocycles. The van der Waals surface area contributed by atoms with Crippen molar-refractivity contribution in [1.29, 1.82) is 0 Å². The molecule has 1 heterocycles. The number of rotatable bonds is 3. The molecule has 0 amide bonds. The van der Waals surface area contributed by atoms with Crippen LogP contribution in [0.2, 0.25) is 5.02 Å². The summed E-state index contributed by atoms with van der Waals surface area (Å²) < 4.78 is 3.30. The van der Waals surface area contributed by atoms with Gasteiger partial charge < -0.3 is 9.55 Å². The molecule has 1 aliphatic carbocycles. The van der Waals surface area contributed by atoms with Crippen LogP contribution < -0.4 is 0 Å². The zero-order chi connectivity index (χ0) is 13.5. The average Bonchev–Trinajstić information content (AvgIpc) is 2.97. The minimum absolute atomic E-state index is 0.326. The van der Waals surface area contributed by atoms with Crippen molar-refractivity contribution in [2.24, 2.45) is 0 Å². The normalized spacial score (nSPS) is 18.2. The van der Waals surface area contributed by atoms with Gasteiger partial charge in [-0.1, -0.05) is 30.5 Å². The Morgan fingerprint density at radius 3 is 2.84 bits per heavy atom. The zero-order valence-electron chi connectivity index (χ0n) is 10.9. The van der Waals surface area contributed by atoms with Crippen LogP contribution in [-0.2, 0) is 6.54 Å². The highest BCUT2D eigenvalue weighted by Crippen LogP contribution is 2.42. The molecule has 1 N–H and O–H groups in total. The number of halogens is 1. The minimum Gasteiger partial charge on any atom is -0.331 e. The van der Waals surface area contributed by atoms with Crippen LogP contribution in [-0.4, -0.2) is 20.6 Å². The number of nitrogens with one attached hydrogen (secondary N) is 1. The Morgan fingerprint density at radius 2 is 2.16 bits per heavy atom. The first-order chi connectivity index (χ1) is 9.15. The number of para-hydroxylation sites is 1. The van der Waals surface area contributed by atoms with Gasteiger partial charge in [-0.05, 0) is 43.4 Å². The van der Waals surface area contributed by atoms with Crippen molar-refractivity contribution in [3.63, 3.8) is 0 Å². The molecule has 2 nitrogen and oxygen atoms in total. The largest absolute Gasteiger partial charge is 0.331 e. The fraction of sp³-hybridized carbons (Fsp3) is 0.500. The van der Waals surface area contributed by atoms with Crippen molar-refractivity contribution >= 4 is 46.6 Å². The number of nitrogens with zero attached hydrogens (tertiary/aromatic N) is 1. The van der Waals surface area contributed by atoms with E-state index in [1.165, 1.54) is 25.7 Å². The van der Waals surface area contributed by atoms with Crippen LogP contribution >= 0.6 is 35.6 Å². The summed E-state index contributed by atoms with van der Waals surface area (Å²) in [4.78, 5) is 3.27. The zero-order valence-corrected chi connectivity index (χ0v) is 13.3. The summed E-state index contributed by atoms with van der Waals surface area (Å²) in [6.45, 7) is 0.955. The first kappa shape index (κ1) is 13.5. The van der Waals surface area contributed by atoms with Crippen molar-refractivity contribution < 1.29 is 0 Å². The summed E-state index contributed by atoms with van der Waals surface area (Å²) in [7, 11) is 0. The molecule has 1 aliphatic rings. The quantitative estimate of drug-likeness (QED) is 0.802. The summed E-state index contributed by atoms with van der Waals surface area (Å²) in [5, 5.41) is 0.777. The lowest BCUT2D eigenvalue weighted by Crippen LogP contribution is -2.26. The number of hydrogen-bond acceptors (Lipinski definition) is 2. The SMILES string of the molecule is CSC1(Cn2c(=S)[nH]c3cccc(Cl)c32)CCCC1. The second-order valence-corrected chi connectivity index (χ2v) is 7.31. The van der Waals surface area contributed by atoms with Crippen LogP contribution in [0.15, 0.2) is 18.2 Å². The smallest absolute Gasteiger partial charge is 0.178 e. The molecule has 0 spiro atoms. The lowest BCUT2D eigenvalue weighted by Gasteiger charge is -2.27. The van der Waals surface area contributed by atoms with Gasteiger partial charge in [-0.3, -0.25) is 0 Å². The molecule has 1 aromatic carbocycles. The van der Waals surface area contributed by atoms with E-state index in [2.05, 4.69) is 15.8 Å². The van der Waals surface area contributed by atoms with Crippen LogP contribution in [0.25, 0.3) is 11.0 Å². The number of H-pyrrole nitrogens is 1. The predicted molar refractivity (Wildman–Crippen MR) is 86.8 cm³/mol. The molecule has 5 heteroatoms. The van der Waals surface area contributed by atoms with Gasteiger partial charge in [0.15, 0.2) is 4.77 Å². The Kier molecular flexibility index (Phi) is 3.67. The fourth-order valence-electron chi connectivity index (χ4n) is 3.06. The van der Waals surface area contributed by atoms with Crippen molar-refractivity contribution in [2.45, 2.75) is 37.0 Å². The summed E-state index contributed by atoms with van der Waals surface area (Å²) in [6, 6.07) is 5.93. The van der Waals surface area contributed by atoms with Gasteiger partial charge in [-0.15, -0.1) is 0 Å². The van der Waals surface area contributed by atoms with Crippen LogP contribution in [0.4, 0.5) is 0 Å². The molecular weight excluding hydrogens is 296 g/mol. The molecule has 1 aromatic heterocycles. The third-order valence-corrected chi connectivity index (χ3v) is 6.17. The van der Waals surface area contributed by atoms with Gasteiger partial charge in [0.05, 0.1) is 16.1 Å². The van der Waals surface area contributed by atoms with Crippen molar-refractivity contribution in [3.05, 3.63) is 28.0 Å². The molecule has 19 heavy (non-hydrogen) atoms. The van der Waals surface area contributed by atoms with Gasteiger partial charge in [-0.2, -0.15) is 11.8 Å². The van der Waals surface area contributed by atoms with Gasteiger partial charge in [0.25, 0.3) is 0 Å². The van der Waals surface area contributed by atoms with Gasteiger partial charge >= 0.3 is 0 Å². The van der Waals surface area contributed by atoms with E-state index in [0.29, 0.717) is 4.75 Å². The molecule has 0 aliphatic heterocycles. The Morgan fingerprint density at radius 1 is 1.42 bits per heavy atom. The van der Waals surface area contributed by atoms with Gasteiger partial charge in [0, 0.05) is 11.3 Å². The van der Waals surface area contributed by atoms with Gasteiger partial charge in [0.2, 0.25) is 0 Å². The van der Waals surface area contributed by atoms with Gasteiger partial charge in [-0.25, -0.2) is 0 Å². The standard InChI is InChI=1S/C14H17ClN2S2/c1-19-14(7-2-3-8-14)9-17-12-10(15)5-4-6-11(12)16-13(17)18/h4-6H,2-3,7-9H2,1H3,(H,16,18). The monoisotopic (exact) mass is 312 g/mol. The number of fused-ring (bicyclic) bond motifs is 1. The molecule has 0 unspecified atom stereocenters. The Labute approximate surface area is 127 Å². The maximum absolute atomic E-state index is 6.36. The molecule has 1 fully saturated rings. The molecule has 0 atom stereocenters. The summed E-state index contributed by atoms with van der Waals surface area (Å²) in [5.74, 6) is 0. The summed E-state index contributed by atoms with van der Waals surface area (Å²) in [5.41, 5.74) is 2.08. The van der Waals surface area contributed by atoms with E-state index in [0.717, 1.165) is 27.4 Å². The number of aromatic amines is 1. The molecule has 3 rings (SSSR count). The van der Waals surface area contributed by atoms with E-state index in [4.69, 9.17) is 23.8 Å². The average molecular weight is 313 g/mol. The molecule has 102 valence electrons. The molecule has 0 bridgehead atoms. The van der Waals surface area contributed by atoms with Crippen molar-refractivity contribution in [3.8, 4) is 0 Å². The summed E-state index contributed by atoms with van der Waals surface area (Å²) in [6.07, 6.45) is 7.40. The fourth-order valence-corrected chi connectivity index (χ4v) is 4.56. The van der Waals surface area contributed by atoms with Crippen molar-refractivity contribution in [1.82, 2.24) is 9.55 Å². The van der Waals surface area contributed by atoms with Gasteiger partial charge in [0.1, 0.15) is 0 Å². The maximum atomic E-state index is 6.36. The van der Waals surface area contributed by atoms with Crippen LogP contribution in [0.3, 0.4) is 0 Å². The second kappa shape index (κ2) is 5.15. The molecule has 0 radical (unpaired) electrons. The third-order valence-electron chi connectivity index (χ3n) is 4.14. The second-order valence-electron chi connectivity index (χ2n) is 5.25. The van der Waals surface area contributed by atoms with E-state index < -0.39 is 0 Å². The molecule has 2 aromatic rings. The summed E-state index contributed by atoms with van der Waals surface area (Å²) >= 11 is 13.8. The van der Waals surface area contributed by atoms with E-state index in [1.54, 1.807) is 0 Å². The Hall–Kier alpha value is -0.450. The lowest BCUT2D eigenvalue weighted by atomic mass is 10.1. The number of hydrogen-bond donors (Lipinski definition) is 1. The third kappa shape index (κ3) is 2.34. The number of aromatic nitrogens is 2. The van der Waals surface area contributed by atoms with E-state index in [-0.39, 0.29) is 0 Å². The first-order valence-electron chi connectivity index (χ1n) is 6.57. The lowest BCUT2D eigenvalue weighted by molar-refractivity contribution is 0.510. The number of thioether (sulfide) groups is 1. The van der Waals surface area contributed by atoms with E-state index in [9.17, 15) is 0 Å². The van der Waals surface area contributed by atoms with Crippen molar-refractivity contribution in [2.75, 3.05) is 6.26 Å². The van der Waals surface area contributed by atoms with E-state index >= 15 is 0 Å². The van der Waals surface area contributed by atoms with Crippen LogP contribution in [0, 0.1) is 4.77 Å².